The van der Waals surface area contributed by atoms with Gasteiger partial charge in [-0.3, -0.25) is 0 Å². The van der Waals surface area contributed by atoms with E-state index in [9.17, 15) is 0 Å². The van der Waals surface area contributed by atoms with Crippen molar-refractivity contribution in [2.75, 3.05) is 7.11 Å². The second-order valence-corrected chi connectivity index (χ2v) is 4.89. The van der Waals surface area contributed by atoms with Crippen molar-refractivity contribution in [3.63, 3.8) is 0 Å². The molecule has 1 saturated carbocycles. The Kier molecular flexibility index (Phi) is 3.00. The van der Waals surface area contributed by atoms with Gasteiger partial charge in [0.2, 0.25) is 15.6 Å². The van der Waals surface area contributed by atoms with Crippen LogP contribution in [-0.4, -0.2) is 42.3 Å². The summed E-state index contributed by atoms with van der Waals surface area (Å²) < 4.78 is 6.70. The maximum Gasteiger partial charge on any atom is 0.321 e. The minimum Gasteiger partial charge on any atom is -0.467 e. The van der Waals surface area contributed by atoms with Gasteiger partial charge in [0.15, 0.2) is 0 Å². The molecule has 0 amide bonds. The summed E-state index contributed by atoms with van der Waals surface area (Å²) in [6.07, 6.45) is 2.19. The number of tetrazole rings is 1. The monoisotopic (exact) mass is 285 g/mol. The van der Waals surface area contributed by atoms with Crippen LogP contribution < -0.4 is 4.74 Å². The predicted octanol–water partition coefficient (Wildman–Crippen LogP) is 1.01. The molecule has 2 aromatic rings. The van der Waals surface area contributed by atoms with Crippen molar-refractivity contribution in [3.05, 3.63) is 5.28 Å². The van der Waals surface area contributed by atoms with Crippen LogP contribution in [0.2, 0.25) is 5.28 Å². The molecule has 3 rings (SSSR count). The number of methoxy groups -OCH3 is 1. The van der Waals surface area contributed by atoms with Crippen LogP contribution in [0.4, 0.5) is 0 Å². The van der Waals surface area contributed by atoms with Crippen LogP contribution in [-0.2, 0) is 0 Å². The fourth-order valence-electron chi connectivity index (χ4n) is 1.33. The molecule has 0 N–H and O–H groups in total. The van der Waals surface area contributed by atoms with Crippen LogP contribution in [0, 0.1) is 0 Å². The minimum absolute atomic E-state index is 0.0785. The number of hydrogen-bond donors (Lipinski definition) is 0. The molecule has 0 bridgehead atoms. The van der Waals surface area contributed by atoms with Gasteiger partial charge in [-0.15, -0.1) is 5.10 Å². The van der Waals surface area contributed by atoms with Gasteiger partial charge in [0.25, 0.3) is 0 Å². The first-order valence-electron chi connectivity index (χ1n) is 5.17. The molecule has 8 nitrogen and oxygen atoms in total. The van der Waals surface area contributed by atoms with E-state index in [1.165, 1.54) is 18.9 Å². The van der Waals surface area contributed by atoms with Crippen molar-refractivity contribution in [1.29, 1.82) is 0 Å². The van der Waals surface area contributed by atoms with Crippen LogP contribution in [0.1, 0.15) is 18.9 Å². The van der Waals surface area contributed by atoms with Gasteiger partial charge in [-0.2, -0.15) is 15.0 Å². The maximum atomic E-state index is 5.77. The Bertz CT molecular complexity index is 572. The highest BCUT2D eigenvalue weighted by atomic mass is 35.5. The van der Waals surface area contributed by atoms with Crippen molar-refractivity contribution in [1.82, 2.24) is 35.2 Å². The average Bonchev–Trinajstić information content (AvgIpc) is 3.10. The van der Waals surface area contributed by atoms with Crippen molar-refractivity contribution < 1.29 is 4.74 Å². The summed E-state index contributed by atoms with van der Waals surface area (Å²) in [4.78, 5) is 11.9. The van der Waals surface area contributed by atoms with Gasteiger partial charge in [0, 0.05) is 0 Å². The molecule has 18 heavy (non-hydrogen) atoms. The summed E-state index contributed by atoms with van der Waals surface area (Å²) in [6, 6.07) is 0.560. The van der Waals surface area contributed by atoms with Gasteiger partial charge >= 0.3 is 6.01 Å². The maximum absolute atomic E-state index is 5.77. The van der Waals surface area contributed by atoms with Gasteiger partial charge in [-0.25, -0.2) is 4.68 Å². The predicted molar refractivity (Wildman–Crippen MR) is 61.6 cm³/mol. The van der Waals surface area contributed by atoms with Crippen LogP contribution in [0.5, 0.6) is 6.01 Å². The number of hydrogen-bond acceptors (Lipinski definition) is 8. The van der Waals surface area contributed by atoms with Gasteiger partial charge in [-0.05, 0) is 46.6 Å². The van der Waals surface area contributed by atoms with Gasteiger partial charge in [-0.1, -0.05) is 0 Å². The molecule has 0 atom stereocenters. The Morgan fingerprint density at radius 1 is 1.33 bits per heavy atom. The van der Waals surface area contributed by atoms with E-state index in [4.69, 9.17) is 16.3 Å². The van der Waals surface area contributed by atoms with Gasteiger partial charge in [0.1, 0.15) is 0 Å². The minimum atomic E-state index is 0.0785. The molecule has 0 unspecified atom stereocenters. The van der Waals surface area contributed by atoms with Crippen LogP contribution in [0.3, 0.4) is 0 Å². The fourth-order valence-corrected chi connectivity index (χ4v) is 2.31. The molecule has 0 aromatic carbocycles. The van der Waals surface area contributed by atoms with Gasteiger partial charge < -0.3 is 4.74 Å². The van der Waals surface area contributed by atoms with E-state index < -0.39 is 0 Å². The van der Waals surface area contributed by atoms with Crippen molar-refractivity contribution in [3.8, 4) is 6.01 Å². The molecular formula is C8H8ClN7OS. The molecule has 1 aliphatic rings. The largest absolute Gasteiger partial charge is 0.467 e. The summed E-state index contributed by atoms with van der Waals surface area (Å²) >= 11 is 7.00. The summed E-state index contributed by atoms with van der Waals surface area (Å²) in [5.41, 5.74) is 0. The normalized spacial score (nSPS) is 14.8. The summed E-state index contributed by atoms with van der Waals surface area (Å²) in [7, 11) is 1.47. The lowest BCUT2D eigenvalue weighted by atomic mass is 10.7. The summed E-state index contributed by atoms with van der Waals surface area (Å²) in [5.74, 6) is 0. The lowest BCUT2D eigenvalue weighted by Crippen LogP contribution is -2.01. The zero-order valence-corrected chi connectivity index (χ0v) is 10.9. The fraction of sp³-hybridized carbons (Fsp3) is 0.500. The number of rotatable bonds is 4. The Hall–Kier alpha value is -1.48. The summed E-state index contributed by atoms with van der Waals surface area (Å²) in [6.45, 7) is 0. The van der Waals surface area contributed by atoms with E-state index in [0.29, 0.717) is 16.4 Å². The van der Waals surface area contributed by atoms with E-state index in [1.54, 1.807) is 4.68 Å². The van der Waals surface area contributed by atoms with E-state index in [-0.39, 0.29) is 11.3 Å². The lowest BCUT2D eigenvalue weighted by molar-refractivity contribution is 0.372. The highest BCUT2D eigenvalue weighted by Crippen LogP contribution is 2.37. The molecule has 1 fully saturated rings. The Morgan fingerprint density at radius 3 is 2.89 bits per heavy atom. The molecule has 0 saturated heterocycles. The lowest BCUT2D eigenvalue weighted by Gasteiger charge is -2.02. The quantitative estimate of drug-likeness (QED) is 0.822. The van der Waals surface area contributed by atoms with Gasteiger partial charge in [0.05, 0.1) is 13.2 Å². The molecule has 0 aliphatic heterocycles. The average molecular weight is 286 g/mol. The molecule has 0 spiro atoms. The Balaban J connectivity index is 1.87. The number of aromatic nitrogens is 7. The third-order valence-electron chi connectivity index (χ3n) is 2.29. The Morgan fingerprint density at radius 2 is 2.17 bits per heavy atom. The first kappa shape index (κ1) is 11.6. The number of nitrogens with zero attached hydrogens (tertiary/aromatic N) is 7. The van der Waals surface area contributed by atoms with E-state index >= 15 is 0 Å². The first-order valence-corrected chi connectivity index (χ1v) is 6.37. The number of ether oxygens (including phenoxy) is 1. The van der Waals surface area contributed by atoms with Crippen molar-refractivity contribution in [2.45, 2.75) is 29.2 Å². The Labute approximate surface area is 111 Å². The van der Waals surface area contributed by atoms with Crippen molar-refractivity contribution in [2.24, 2.45) is 0 Å². The van der Waals surface area contributed by atoms with Crippen molar-refractivity contribution >= 4 is 23.4 Å². The summed E-state index contributed by atoms with van der Waals surface area (Å²) in [5, 5.41) is 12.7. The van der Waals surface area contributed by atoms with Crippen LogP contribution >= 0.6 is 23.4 Å². The smallest absolute Gasteiger partial charge is 0.321 e. The molecule has 94 valence electrons. The van der Waals surface area contributed by atoms with E-state index in [0.717, 1.165) is 12.8 Å². The second-order valence-electron chi connectivity index (χ2n) is 3.61. The standard InChI is InChI=1S/C8H8ClN7OS/c1-17-6-10-5(9)11-7(12-6)18-8-13-14-15-16(8)4-2-3-4/h4H,2-3H2,1H3. The zero-order chi connectivity index (χ0) is 12.5. The molecule has 0 radical (unpaired) electrons. The van der Waals surface area contributed by atoms with Crippen LogP contribution in [0.15, 0.2) is 10.3 Å². The highest BCUT2D eigenvalue weighted by Gasteiger charge is 2.28. The molecule has 2 heterocycles. The SMILES string of the molecule is COc1nc(Cl)nc(Sc2nnnn2C2CC2)n1. The second kappa shape index (κ2) is 4.65. The zero-order valence-electron chi connectivity index (χ0n) is 9.32. The first-order chi connectivity index (χ1) is 8.76. The third-order valence-corrected chi connectivity index (χ3v) is 3.27. The molecule has 1 aliphatic carbocycles. The molecule has 2 aromatic heterocycles. The third kappa shape index (κ3) is 2.36. The van der Waals surface area contributed by atoms with E-state index in [1.807, 2.05) is 0 Å². The highest BCUT2D eigenvalue weighted by molar-refractivity contribution is 7.99. The molecular weight excluding hydrogens is 278 g/mol. The topological polar surface area (TPSA) is 91.5 Å². The number of halogens is 1. The molecule has 10 heteroatoms. The van der Waals surface area contributed by atoms with Crippen LogP contribution in [0.25, 0.3) is 0 Å². The van der Waals surface area contributed by atoms with E-state index in [2.05, 4.69) is 30.5 Å².